The lowest BCUT2D eigenvalue weighted by Gasteiger charge is -2.53. The third-order valence-corrected chi connectivity index (χ3v) is 8.50. The van der Waals surface area contributed by atoms with Crippen LogP contribution in [0.2, 0.25) is 0 Å². The van der Waals surface area contributed by atoms with Gasteiger partial charge < -0.3 is 14.6 Å². The first-order chi connectivity index (χ1) is 16.1. The summed E-state index contributed by atoms with van der Waals surface area (Å²) in [7, 11) is 0. The van der Waals surface area contributed by atoms with Gasteiger partial charge in [-0.15, -0.1) is 0 Å². The highest BCUT2D eigenvalue weighted by Crippen LogP contribution is 2.46. The van der Waals surface area contributed by atoms with E-state index in [4.69, 9.17) is 9.47 Å². The van der Waals surface area contributed by atoms with Crippen molar-refractivity contribution >= 4 is 6.09 Å². The molecule has 174 valence electrons. The van der Waals surface area contributed by atoms with Crippen LogP contribution in [0.1, 0.15) is 62.0 Å². The van der Waals surface area contributed by atoms with Crippen LogP contribution in [-0.4, -0.2) is 53.6 Å². The Hall–Kier alpha value is -2.37. The molecule has 33 heavy (non-hydrogen) atoms. The lowest BCUT2D eigenvalue weighted by molar-refractivity contribution is -0.157. The second-order valence-corrected chi connectivity index (χ2v) is 10.4. The number of carbonyl (C=O) groups excluding carboxylic acids is 1. The molecule has 1 amide bonds. The fourth-order valence-corrected chi connectivity index (χ4v) is 6.95. The molecule has 0 spiro atoms. The van der Waals surface area contributed by atoms with Crippen molar-refractivity contribution in [2.75, 3.05) is 19.8 Å². The summed E-state index contributed by atoms with van der Waals surface area (Å²) < 4.78 is 11.8. The smallest absolute Gasteiger partial charge is 0.410 e. The molecule has 2 saturated heterocycles. The van der Waals surface area contributed by atoms with E-state index in [0.29, 0.717) is 38.6 Å². The Kier molecular flexibility index (Phi) is 5.42. The average Bonchev–Trinajstić information content (AvgIpc) is 3.16. The molecule has 5 nitrogen and oxygen atoms in total. The van der Waals surface area contributed by atoms with Crippen molar-refractivity contribution in [3.63, 3.8) is 0 Å². The van der Waals surface area contributed by atoms with Crippen LogP contribution in [0.4, 0.5) is 4.79 Å². The molecule has 2 aromatic carbocycles. The summed E-state index contributed by atoms with van der Waals surface area (Å²) in [5.74, 6) is 0.403. The van der Waals surface area contributed by atoms with Crippen LogP contribution in [0.15, 0.2) is 48.5 Å². The van der Waals surface area contributed by atoms with Crippen molar-refractivity contribution in [3.8, 4) is 11.1 Å². The van der Waals surface area contributed by atoms with E-state index < -0.39 is 5.60 Å². The SMILES string of the molecule is O=C(OCC1c2ccccc2-c2ccccc21)N1C2COCC1CC(O)(C1CCCCC1)C2. The van der Waals surface area contributed by atoms with Gasteiger partial charge in [0.1, 0.15) is 6.61 Å². The lowest BCUT2D eigenvalue weighted by Crippen LogP contribution is -2.65. The number of aliphatic hydroxyl groups is 1. The maximum atomic E-state index is 13.3. The number of nitrogens with zero attached hydrogens (tertiary/aromatic N) is 1. The Balaban J connectivity index is 1.18. The lowest BCUT2D eigenvalue weighted by atomic mass is 9.68. The molecule has 2 atom stereocenters. The molecule has 6 rings (SSSR count). The standard InChI is InChI=1S/C28H33NO4/c30-27(33-18-26-24-12-6-4-10-22(24)23-11-5-7-13-25(23)26)29-20-14-28(31,15-21(29)17-32-16-20)19-8-2-1-3-9-19/h4-7,10-13,19-21,26,31H,1-3,8-9,14-18H2. The second kappa shape index (κ2) is 8.44. The van der Waals surface area contributed by atoms with Crippen molar-refractivity contribution in [3.05, 3.63) is 59.7 Å². The van der Waals surface area contributed by atoms with Gasteiger partial charge in [0.05, 0.1) is 30.9 Å². The van der Waals surface area contributed by atoms with Crippen LogP contribution in [0.3, 0.4) is 0 Å². The highest BCUT2D eigenvalue weighted by Gasteiger charge is 2.51. The number of fused-ring (bicyclic) bond motifs is 5. The Bertz CT molecular complexity index is 971. The van der Waals surface area contributed by atoms with Crippen LogP contribution < -0.4 is 0 Å². The number of amides is 1. The second-order valence-electron chi connectivity index (χ2n) is 10.4. The maximum Gasteiger partial charge on any atom is 0.410 e. The van der Waals surface area contributed by atoms with E-state index in [0.717, 1.165) is 12.8 Å². The van der Waals surface area contributed by atoms with Gasteiger partial charge >= 0.3 is 6.09 Å². The first-order valence-corrected chi connectivity index (χ1v) is 12.6. The molecule has 4 aliphatic rings. The molecule has 5 heteroatoms. The number of hydrogen-bond acceptors (Lipinski definition) is 4. The number of rotatable bonds is 3. The number of ether oxygens (including phenoxy) is 2. The monoisotopic (exact) mass is 447 g/mol. The Labute approximate surface area is 195 Å². The highest BCUT2D eigenvalue weighted by molar-refractivity contribution is 5.79. The van der Waals surface area contributed by atoms with Gasteiger partial charge in [-0.1, -0.05) is 67.8 Å². The van der Waals surface area contributed by atoms with E-state index in [1.165, 1.54) is 41.5 Å². The number of piperidine rings is 1. The minimum Gasteiger partial charge on any atom is -0.448 e. The molecule has 2 aliphatic heterocycles. The highest BCUT2D eigenvalue weighted by atomic mass is 16.6. The van der Waals surface area contributed by atoms with Gasteiger partial charge in [0, 0.05) is 5.92 Å². The van der Waals surface area contributed by atoms with E-state index in [2.05, 4.69) is 48.5 Å². The molecule has 2 heterocycles. The third-order valence-electron chi connectivity index (χ3n) is 8.50. The Morgan fingerprint density at radius 1 is 0.939 bits per heavy atom. The molecule has 2 aromatic rings. The molecule has 0 radical (unpaired) electrons. The number of benzene rings is 2. The van der Waals surface area contributed by atoms with E-state index in [9.17, 15) is 9.90 Å². The number of carbonyl (C=O) groups is 1. The predicted molar refractivity (Wildman–Crippen MR) is 126 cm³/mol. The Morgan fingerprint density at radius 3 is 2.12 bits per heavy atom. The fourth-order valence-electron chi connectivity index (χ4n) is 6.95. The van der Waals surface area contributed by atoms with Crippen LogP contribution in [0.25, 0.3) is 11.1 Å². The average molecular weight is 448 g/mol. The first kappa shape index (κ1) is 21.2. The first-order valence-electron chi connectivity index (χ1n) is 12.6. The van der Waals surface area contributed by atoms with Crippen LogP contribution in [0, 0.1) is 5.92 Å². The summed E-state index contributed by atoms with van der Waals surface area (Å²) in [6.07, 6.45) is 6.80. The van der Waals surface area contributed by atoms with Crippen molar-refractivity contribution in [1.29, 1.82) is 0 Å². The van der Waals surface area contributed by atoms with Gasteiger partial charge in [0.25, 0.3) is 0 Å². The molecule has 1 saturated carbocycles. The van der Waals surface area contributed by atoms with Gasteiger partial charge in [-0.3, -0.25) is 4.90 Å². The summed E-state index contributed by atoms with van der Waals surface area (Å²) in [6.45, 7) is 1.29. The van der Waals surface area contributed by atoms with E-state index in [1.807, 2.05) is 4.90 Å². The summed E-state index contributed by atoms with van der Waals surface area (Å²) >= 11 is 0. The minimum absolute atomic E-state index is 0.0569. The van der Waals surface area contributed by atoms with Crippen molar-refractivity contribution in [2.24, 2.45) is 5.92 Å². The summed E-state index contributed by atoms with van der Waals surface area (Å²) in [5, 5.41) is 11.6. The summed E-state index contributed by atoms with van der Waals surface area (Å²) in [6, 6.07) is 16.6. The van der Waals surface area contributed by atoms with Crippen molar-refractivity contribution in [1.82, 2.24) is 4.90 Å². The molecule has 2 bridgehead atoms. The van der Waals surface area contributed by atoms with Gasteiger partial charge in [-0.2, -0.15) is 0 Å². The van der Waals surface area contributed by atoms with Crippen molar-refractivity contribution < 1.29 is 19.4 Å². The molecule has 0 aromatic heterocycles. The zero-order valence-electron chi connectivity index (χ0n) is 19.1. The fraction of sp³-hybridized carbons (Fsp3) is 0.536. The van der Waals surface area contributed by atoms with Crippen LogP contribution in [-0.2, 0) is 9.47 Å². The van der Waals surface area contributed by atoms with E-state index >= 15 is 0 Å². The zero-order chi connectivity index (χ0) is 22.4. The quantitative estimate of drug-likeness (QED) is 0.710. The topological polar surface area (TPSA) is 59.0 Å². The molecular weight excluding hydrogens is 414 g/mol. The van der Waals surface area contributed by atoms with Crippen molar-refractivity contribution in [2.45, 2.75) is 68.5 Å². The predicted octanol–water partition coefficient (Wildman–Crippen LogP) is 5.11. The van der Waals surface area contributed by atoms with Crippen LogP contribution >= 0.6 is 0 Å². The van der Waals surface area contributed by atoms with Gasteiger partial charge in [0.15, 0.2) is 0 Å². The van der Waals surface area contributed by atoms with Crippen LogP contribution in [0.5, 0.6) is 0 Å². The summed E-state index contributed by atoms with van der Waals surface area (Å²) in [4.78, 5) is 15.2. The van der Waals surface area contributed by atoms with E-state index in [-0.39, 0.29) is 24.1 Å². The number of morpholine rings is 1. The summed E-state index contributed by atoms with van der Waals surface area (Å²) in [5.41, 5.74) is 4.23. The normalized spacial score (nSPS) is 29.4. The minimum atomic E-state index is -0.681. The molecular formula is C28H33NO4. The van der Waals surface area contributed by atoms with Gasteiger partial charge in [-0.05, 0) is 53.9 Å². The molecule has 3 fully saturated rings. The zero-order valence-corrected chi connectivity index (χ0v) is 19.1. The maximum absolute atomic E-state index is 13.3. The third kappa shape index (κ3) is 3.66. The molecule has 2 unspecified atom stereocenters. The van der Waals surface area contributed by atoms with E-state index in [1.54, 1.807) is 0 Å². The largest absolute Gasteiger partial charge is 0.448 e. The van der Waals surface area contributed by atoms with Gasteiger partial charge in [0.2, 0.25) is 0 Å². The molecule has 2 aliphatic carbocycles. The van der Waals surface area contributed by atoms with Gasteiger partial charge in [-0.25, -0.2) is 4.79 Å². The number of hydrogen-bond donors (Lipinski definition) is 1. The Morgan fingerprint density at radius 2 is 1.52 bits per heavy atom. The molecule has 1 N–H and O–H groups in total.